The highest BCUT2D eigenvalue weighted by molar-refractivity contribution is 5.96. The van der Waals surface area contributed by atoms with Crippen LogP contribution in [0.3, 0.4) is 0 Å². The highest BCUT2D eigenvalue weighted by atomic mass is 16.5. The summed E-state index contributed by atoms with van der Waals surface area (Å²) < 4.78 is 11.3. The van der Waals surface area contributed by atoms with E-state index in [0.29, 0.717) is 13.2 Å². The van der Waals surface area contributed by atoms with Crippen molar-refractivity contribution in [2.24, 2.45) is 0 Å². The summed E-state index contributed by atoms with van der Waals surface area (Å²) in [6, 6.07) is 1.22. The predicted octanol–water partition coefficient (Wildman–Crippen LogP) is 5.49. The van der Waals surface area contributed by atoms with Crippen LogP contribution in [0.25, 0.3) is 0 Å². The van der Waals surface area contributed by atoms with Crippen molar-refractivity contribution in [2.45, 2.75) is 78.1 Å². The van der Waals surface area contributed by atoms with Crippen LogP contribution in [0.4, 0.5) is 0 Å². The number of aromatic carboxylic acids is 1. The van der Waals surface area contributed by atoms with Gasteiger partial charge < -0.3 is 24.8 Å². The van der Waals surface area contributed by atoms with Crippen LogP contribution in [0, 0.1) is 0 Å². The predicted molar refractivity (Wildman–Crippen MR) is 105 cm³/mol. The van der Waals surface area contributed by atoms with Crippen molar-refractivity contribution in [2.75, 3.05) is 13.2 Å². The molecule has 0 saturated heterocycles. The van der Waals surface area contributed by atoms with E-state index in [2.05, 4.69) is 13.8 Å². The van der Waals surface area contributed by atoms with Gasteiger partial charge in [0.2, 0.25) is 0 Å². The largest absolute Gasteiger partial charge is 0.504 e. The summed E-state index contributed by atoms with van der Waals surface area (Å²) >= 11 is 0. The summed E-state index contributed by atoms with van der Waals surface area (Å²) in [5.41, 5.74) is -0.454. The Labute approximate surface area is 162 Å². The molecule has 0 aliphatic heterocycles. The molecule has 27 heavy (non-hydrogen) atoms. The molecule has 1 aromatic rings. The van der Waals surface area contributed by atoms with Gasteiger partial charge >= 0.3 is 5.97 Å². The molecule has 6 nitrogen and oxygen atoms in total. The van der Waals surface area contributed by atoms with E-state index in [1.165, 1.54) is 12.5 Å². The number of phenols is 2. The van der Waals surface area contributed by atoms with Gasteiger partial charge in [-0.25, -0.2) is 4.79 Å². The fourth-order valence-electron chi connectivity index (χ4n) is 2.83. The second-order valence-corrected chi connectivity index (χ2v) is 6.78. The number of rotatable bonds is 15. The van der Waals surface area contributed by atoms with E-state index < -0.39 is 23.0 Å². The number of benzene rings is 1. The molecule has 0 spiro atoms. The van der Waals surface area contributed by atoms with Gasteiger partial charge in [-0.05, 0) is 12.8 Å². The molecule has 154 valence electrons. The number of carboxylic acids is 1. The SMILES string of the molecule is CCCCCCCOc1cc(O)c(O)c(C(=O)O)c1OCCCCCCC. The van der Waals surface area contributed by atoms with E-state index >= 15 is 0 Å². The van der Waals surface area contributed by atoms with Gasteiger partial charge in [-0.1, -0.05) is 65.2 Å². The van der Waals surface area contributed by atoms with Gasteiger partial charge in [-0.2, -0.15) is 0 Å². The smallest absolute Gasteiger partial charge is 0.343 e. The molecule has 3 N–H and O–H groups in total. The van der Waals surface area contributed by atoms with Gasteiger partial charge in [0.1, 0.15) is 0 Å². The summed E-state index contributed by atoms with van der Waals surface area (Å²) in [4.78, 5) is 11.6. The Morgan fingerprint density at radius 1 is 0.852 bits per heavy atom. The number of carboxylic acid groups (broad SMARTS) is 1. The van der Waals surface area contributed by atoms with Crippen LogP contribution < -0.4 is 9.47 Å². The van der Waals surface area contributed by atoms with Crippen LogP contribution in [-0.2, 0) is 0 Å². The fourth-order valence-corrected chi connectivity index (χ4v) is 2.83. The first-order chi connectivity index (χ1) is 13.0. The molecule has 0 heterocycles. The van der Waals surface area contributed by atoms with Crippen LogP contribution in [-0.4, -0.2) is 34.5 Å². The minimum absolute atomic E-state index is 0.0122. The van der Waals surface area contributed by atoms with Crippen LogP contribution in [0.5, 0.6) is 23.0 Å². The normalized spacial score (nSPS) is 10.7. The molecule has 0 amide bonds. The van der Waals surface area contributed by atoms with Crippen molar-refractivity contribution in [3.63, 3.8) is 0 Å². The molecule has 1 aromatic carbocycles. The second-order valence-electron chi connectivity index (χ2n) is 6.78. The Kier molecular flexibility index (Phi) is 11.1. The van der Waals surface area contributed by atoms with Gasteiger partial charge in [-0.15, -0.1) is 0 Å². The van der Waals surface area contributed by atoms with E-state index in [4.69, 9.17) is 9.47 Å². The van der Waals surface area contributed by atoms with Gasteiger partial charge in [0.15, 0.2) is 28.6 Å². The quantitative estimate of drug-likeness (QED) is 0.274. The highest BCUT2D eigenvalue weighted by Gasteiger charge is 2.25. The maximum atomic E-state index is 11.6. The molecule has 0 aromatic heterocycles. The summed E-state index contributed by atoms with van der Waals surface area (Å²) in [6.07, 6.45) is 10.5. The van der Waals surface area contributed by atoms with Crippen LogP contribution >= 0.6 is 0 Å². The Morgan fingerprint density at radius 3 is 1.89 bits per heavy atom. The van der Waals surface area contributed by atoms with Gasteiger partial charge in [-0.3, -0.25) is 0 Å². The molecule has 1 rings (SSSR count). The number of aromatic hydroxyl groups is 2. The van der Waals surface area contributed by atoms with Crippen molar-refractivity contribution in [3.8, 4) is 23.0 Å². The van der Waals surface area contributed by atoms with E-state index in [1.54, 1.807) is 0 Å². The zero-order valence-electron chi connectivity index (χ0n) is 16.6. The lowest BCUT2D eigenvalue weighted by atomic mass is 10.1. The number of hydrogen-bond donors (Lipinski definition) is 3. The van der Waals surface area contributed by atoms with E-state index in [9.17, 15) is 20.1 Å². The maximum Gasteiger partial charge on any atom is 0.343 e. The Morgan fingerprint density at radius 2 is 1.37 bits per heavy atom. The van der Waals surface area contributed by atoms with Crippen molar-refractivity contribution in [1.29, 1.82) is 0 Å². The zero-order valence-corrected chi connectivity index (χ0v) is 16.6. The topological polar surface area (TPSA) is 96.2 Å². The van der Waals surface area contributed by atoms with E-state index in [-0.39, 0.29) is 11.5 Å². The van der Waals surface area contributed by atoms with Gasteiger partial charge in [0.25, 0.3) is 0 Å². The zero-order chi connectivity index (χ0) is 20.1. The summed E-state index contributed by atoms with van der Waals surface area (Å²) in [5.74, 6) is -2.44. The van der Waals surface area contributed by atoms with E-state index in [0.717, 1.165) is 57.8 Å². The number of ether oxygens (including phenoxy) is 2. The molecule has 0 radical (unpaired) electrons. The van der Waals surface area contributed by atoms with Gasteiger partial charge in [0, 0.05) is 6.07 Å². The molecule has 0 unspecified atom stereocenters. The minimum Gasteiger partial charge on any atom is -0.504 e. The van der Waals surface area contributed by atoms with Crippen molar-refractivity contribution in [3.05, 3.63) is 11.6 Å². The first-order valence-corrected chi connectivity index (χ1v) is 10.1. The average molecular weight is 382 g/mol. The molecular weight excluding hydrogens is 348 g/mol. The van der Waals surface area contributed by atoms with Gasteiger partial charge in [0.05, 0.1) is 13.2 Å². The third kappa shape index (κ3) is 7.97. The van der Waals surface area contributed by atoms with E-state index in [1.807, 2.05) is 0 Å². The third-order valence-corrected chi connectivity index (χ3v) is 4.41. The van der Waals surface area contributed by atoms with Crippen LogP contribution in [0.1, 0.15) is 88.4 Å². The standard InChI is InChI=1S/C21H34O6/c1-3-5-7-9-11-13-26-17-15-16(22)19(23)18(21(24)25)20(17)27-14-12-10-8-6-4-2/h15,22-23H,3-14H2,1-2H3,(H,24,25). The molecule has 0 aliphatic carbocycles. The number of carbonyl (C=O) groups is 1. The number of phenolic OH excluding ortho intramolecular Hbond substituents is 1. The number of unbranched alkanes of at least 4 members (excludes halogenated alkanes) is 8. The lowest BCUT2D eigenvalue weighted by molar-refractivity contribution is 0.0686. The number of hydrogen-bond acceptors (Lipinski definition) is 5. The molecule has 6 heteroatoms. The summed E-state index contributed by atoms with van der Waals surface area (Å²) in [7, 11) is 0. The monoisotopic (exact) mass is 382 g/mol. The first-order valence-electron chi connectivity index (χ1n) is 10.1. The van der Waals surface area contributed by atoms with Crippen molar-refractivity contribution < 1.29 is 29.6 Å². The summed E-state index contributed by atoms with van der Waals surface area (Å²) in [5, 5.41) is 29.2. The Balaban J connectivity index is 2.78. The Bertz CT molecular complexity index is 570. The molecule has 0 aliphatic rings. The second kappa shape index (κ2) is 13.1. The maximum absolute atomic E-state index is 11.6. The average Bonchev–Trinajstić information content (AvgIpc) is 2.63. The lowest BCUT2D eigenvalue weighted by Crippen LogP contribution is -2.08. The van der Waals surface area contributed by atoms with Crippen LogP contribution in [0.2, 0.25) is 0 Å². The fraction of sp³-hybridized carbons (Fsp3) is 0.667. The Hall–Kier alpha value is -2.11. The first kappa shape index (κ1) is 22.9. The molecule has 0 atom stereocenters. The highest BCUT2D eigenvalue weighted by Crippen LogP contribution is 2.43. The molecule has 0 saturated carbocycles. The van der Waals surface area contributed by atoms with Crippen molar-refractivity contribution in [1.82, 2.24) is 0 Å². The lowest BCUT2D eigenvalue weighted by Gasteiger charge is -2.17. The molecular formula is C21H34O6. The third-order valence-electron chi connectivity index (χ3n) is 4.41. The van der Waals surface area contributed by atoms with Crippen molar-refractivity contribution >= 4 is 5.97 Å². The summed E-state index contributed by atoms with van der Waals surface area (Å²) in [6.45, 7) is 5.02. The molecule has 0 bridgehead atoms. The minimum atomic E-state index is -1.36. The van der Waals surface area contributed by atoms with Crippen LogP contribution in [0.15, 0.2) is 6.07 Å². The molecule has 0 fully saturated rings.